The van der Waals surface area contributed by atoms with E-state index in [1.165, 1.54) is 17.0 Å². The largest absolute Gasteiger partial charge is 0.482 e. The van der Waals surface area contributed by atoms with Gasteiger partial charge >= 0.3 is 0 Å². The summed E-state index contributed by atoms with van der Waals surface area (Å²) in [6, 6.07) is 11.4. The monoisotopic (exact) mass is 341 g/mol. The zero-order valence-electron chi connectivity index (χ0n) is 13.4. The summed E-state index contributed by atoms with van der Waals surface area (Å²) in [7, 11) is 0. The first-order valence-electron chi connectivity index (χ1n) is 7.53. The molecule has 0 saturated carbocycles. The molecule has 0 atom stereocenters. The van der Waals surface area contributed by atoms with Crippen molar-refractivity contribution < 1.29 is 19.2 Å². The number of nitrogens with zero attached hydrogens (tertiary/aromatic N) is 2. The van der Waals surface area contributed by atoms with E-state index in [4.69, 9.17) is 4.74 Å². The number of para-hydroxylation sites is 2. The minimum absolute atomic E-state index is 0.0782. The van der Waals surface area contributed by atoms with Crippen LogP contribution in [0, 0.1) is 17.0 Å². The summed E-state index contributed by atoms with van der Waals surface area (Å²) in [5.41, 5.74) is 1.14. The van der Waals surface area contributed by atoms with Gasteiger partial charge < -0.3 is 10.1 Å². The van der Waals surface area contributed by atoms with Crippen LogP contribution in [0.1, 0.15) is 5.56 Å². The maximum atomic E-state index is 12.4. The molecule has 128 valence electrons. The molecule has 0 fully saturated rings. The van der Waals surface area contributed by atoms with E-state index in [-0.39, 0.29) is 24.7 Å². The van der Waals surface area contributed by atoms with Gasteiger partial charge in [0.15, 0.2) is 6.61 Å². The van der Waals surface area contributed by atoms with Crippen molar-refractivity contribution in [3.05, 3.63) is 58.1 Å². The van der Waals surface area contributed by atoms with Crippen molar-refractivity contribution in [3.8, 4) is 5.75 Å². The standard InChI is InChI=1S/C17H15N3O5/c1-11-12(5-4-7-13(11)20(23)24)18-16(21)9-19-14-6-2-3-8-15(14)25-10-17(19)22/h2-8H,9-10H2,1H3,(H,18,21). The van der Waals surface area contributed by atoms with Gasteiger partial charge in [0.1, 0.15) is 12.3 Å². The van der Waals surface area contributed by atoms with Crippen LogP contribution in [-0.4, -0.2) is 29.9 Å². The molecule has 25 heavy (non-hydrogen) atoms. The van der Waals surface area contributed by atoms with E-state index in [9.17, 15) is 19.7 Å². The van der Waals surface area contributed by atoms with Crippen LogP contribution in [0.15, 0.2) is 42.5 Å². The van der Waals surface area contributed by atoms with Crippen LogP contribution in [0.2, 0.25) is 0 Å². The quantitative estimate of drug-likeness (QED) is 0.679. The number of hydrogen-bond acceptors (Lipinski definition) is 5. The van der Waals surface area contributed by atoms with E-state index >= 15 is 0 Å². The summed E-state index contributed by atoms with van der Waals surface area (Å²) in [6.45, 7) is 1.21. The molecule has 0 radical (unpaired) electrons. The van der Waals surface area contributed by atoms with Crippen molar-refractivity contribution in [2.75, 3.05) is 23.4 Å². The number of nitro benzene ring substituents is 1. The summed E-state index contributed by atoms with van der Waals surface area (Å²) in [6.07, 6.45) is 0. The van der Waals surface area contributed by atoms with Gasteiger partial charge in [0.25, 0.3) is 11.6 Å². The molecule has 1 N–H and O–H groups in total. The highest BCUT2D eigenvalue weighted by Crippen LogP contribution is 2.31. The molecule has 8 heteroatoms. The van der Waals surface area contributed by atoms with Gasteiger partial charge in [-0.25, -0.2) is 0 Å². The Morgan fingerprint density at radius 2 is 2.04 bits per heavy atom. The first-order chi connectivity index (χ1) is 12.0. The van der Waals surface area contributed by atoms with Crippen LogP contribution >= 0.6 is 0 Å². The molecule has 8 nitrogen and oxygen atoms in total. The highest BCUT2D eigenvalue weighted by Gasteiger charge is 2.27. The summed E-state index contributed by atoms with van der Waals surface area (Å²) in [5, 5.41) is 13.6. The third kappa shape index (κ3) is 3.27. The van der Waals surface area contributed by atoms with Crippen molar-refractivity contribution in [1.82, 2.24) is 0 Å². The third-order valence-corrected chi connectivity index (χ3v) is 3.89. The summed E-state index contributed by atoms with van der Waals surface area (Å²) >= 11 is 0. The molecule has 0 unspecified atom stereocenters. The topological polar surface area (TPSA) is 102 Å². The zero-order valence-corrected chi connectivity index (χ0v) is 13.4. The molecule has 0 aromatic heterocycles. The third-order valence-electron chi connectivity index (χ3n) is 3.89. The minimum atomic E-state index is -0.507. The number of carbonyl (C=O) groups excluding carboxylic acids is 2. The molecule has 0 bridgehead atoms. The molecule has 0 aliphatic carbocycles. The van der Waals surface area contributed by atoms with Gasteiger partial charge in [-0.3, -0.25) is 24.6 Å². The van der Waals surface area contributed by atoms with Crippen molar-refractivity contribution in [2.24, 2.45) is 0 Å². The van der Waals surface area contributed by atoms with Crippen molar-refractivity contribution in [1.29, 1.82) is 0 Å². The number of benzene rings is 2. The molecule has 2 aromatic rings. The molecule has 1 heterocycles. The Morgan fingerprint density at radius 1 is 1.28 bits per heavy atom. The molecular formula is C17H15N3O5. The average Bonchev–Trinajstić information content (AvgIpc) is 2.59. The highest BCUT2D eigenvalue weighted by molar-refractivity contribution is 6.05. The summed E-state index contributed by atoms with van der Waals surface area (Å²) in [4.78, 5) is 36.3. The van der Waals surface area contributed by atoms with Gasteiger partial charge in [-0.1, -0.05) is 18.2 Å². The Hall–Kier alpha value is -3.42. The molecule has 2 amide bonds. The number of ether oxygens (including phenoxy) is 1. The molecular weight excluding hydrogens is 326 g/mol. The predicted octanol–water partition coefficient (Wildman–Crippen LogP) is 2.27. The predicted molar refractivity (Wildman–Crippen MR) is 90.8 cm³/mol. The Kier molecular flexibility index (Phi) is 4.34. The van der Waals surface area contributed by atoms with Crippen LogP contribution < -0.4 is 15.0 Å². The number of fused-ring (bicyclic) bond motifs is 1. The number of nitrogens with one attached hydrogen (secondary N) is 1. The number of rotatable bonds is 4. The molecule has 0 saturated heterocycles. The Balaban J connectivity index is 1.79. The number of amides is 2. The Morgan fingerprint density at radius 3 is 2.80 bits per heavy atom. The van der Waals surface area contributed by atoms with E-state index in [0.717, 1.165) is 0 Å². The van der Waals surface area contributed by atoms with Crippen LogP contribution in [0.25, 0.3) is 0 Å². The lowest BCUT2D eigenvalue weighted by molar-refractivity contribution is -0.385. The van der Waals surface area contributed by atoms with Crippen molar-refractivity contribution in [3.63, 3.8) is 0 Å². The molecule has 1 aliphatic rings. The van der Waals surface area contributed by atoms with Gasteiger partial charge in [-0.2, -0.15) is 0 Å². The van der Waals surface area contributed by atoms with Gasteiger partial charge in [0.05, 0.1) is 21.9 Å². The van der Waals surface area contributed by atoms with Crippen molar-refractivity contribution in [2.45, 2.75) is 6.92 Å². The maximum Gasteiger partial charge on any atom is 0.274 e. The number of anilines is 2. The zero-order chi connectivity index (χ0) is 18.0. The van der Waals surface area contributed by atoms with E-state index in [2.05, 4.69) is 5.32 Å². The van der Waals surface area contributed by atoms with Crippen LogP contribution in [-0.2, 0) is 9.59 Å². The number of nitro groups is 1. The normalized spacial score (nSPS) is 13.0. The second-order valence-electron chi connectivity index (χ2n) is 5.49. The fraction of sp³-hybridized carbons (Fsp3) is 0.176. The van der Waals surface area contributed by atoms with E-state index in [1.54, 1.807) is 37.3 Å². The Labute approximate surface area is 143 Å². The van der Waals surface area contributed by atoms with Gasteiger partial charge in [0.2, 0.25) is 5.91 Å². The minimum Gasteiger partial charge on any atom is -0.482 e. The SMILES string of the molecule is Cc1c(NC(=O)CN2C(=O)COc3ccccc32)cccc1[N+](=O)[O-]. The molecule has 3 rings (SSSR count). The Bertz CT molecular complexity index is 865. The molecule has 2 aromatic carbocycles. The average molecular weight is 341 g/mol. The fourth-order valence-electron chi connectivity index (χ4n) is 2.62. The second-order valence-corrected chi connectivity index (χ2v) is 5.49. The highest BCUT2D eigenvalue weighted by atomic mass is 16.6. The van der Waals surface area contributed by atoms with Crippen LogP contribution in [0.4, 0.5) is 17.1 Å². The number of hydrogen-bond donors (Lipinski definition) is 1. The maximum absolute atomic E-state index is 12.4. The fourth-order valence-corrected chi connectivity index (χ4v) is 2.62. The first-order valence-corrected chi connectivity index (χ1v) is 7.53. The lowest BCUT2D eigenvalue weighted by atomic mass is 10.1. The van der Waals surface area contributed by atoms with E-state index < -0.39 is 10.8 Å². The van der Waals surface area contributed by atoms with E-state index in [1.807, 2.05) is 0 Å². The van der Waals surface area contributed by atoms with E-state index in [0.29, 0.717) is 22.7 Å². The van der Waals surface area contributed by atoms with Gasteiger partial charge in [-0.15, -0.1) is 0 Å². The first kappa shape index (κ1) is 16.4. The van der Waals surface area contributed by atoms with Gasteiger partial charge in [-0.05, 0) is 25.1 Å². The van der Waals surface area contributed by atoms with Gasteiger partial charge in [0, 0.05) is 6.07 Å². The summed E-state index contributed by atoms with van der Waals surface area (Å²) in [5.74, 6) is -0.250. The van der Waals surface area contributed by atoms with Crippen LogP contribution in [0.3, 0.4) is 0 Å². The van der Waals surface area contributed by atoms with Crippen LogP contribution in [0.5, 0.6) is 5.75 Å². The lowest BCUT2D eigenvalue weighted by Crippen LogP contribution is -2.43. The lowest BCUT2D eigenvalue weighted by Gasteiger charge is -2.28. The molecule has 1 aliphatic heterocycles. The smallest absolute Gasteiger partial charge is 0.274 e. The number of carbonyl (C=O) groups is 2. The summed E-state index contributed by atoms with van der Waals surface area (Å²) < 4.78 is 5.33. The molecule has 0 spiro atoms. The van der Waals surface area contributed by atoms with Crippen molar-refractivity contribution >= 4 is 28.9 Å². The second kappa shape index (κ2) is 6.60.